The lowest BCUT2D eigenvalue weighted by Gasteiger charge is -2.02. The van der Waals surface area contributed by atoms with E-state index >= 15 is 0 Å². The maximum atomic E-state index is 11.3. The maximum Gasteiger partial charge on any atom is 0.332 e. The van der Waals surface area contributed by atoms with Gasteiger partial charge in [0.05, 0.1) is 23.4 Å². The number of thiazole rings is 1. The average molecular weight is 295 g/mol. The molecule has 3 N–H and O–H groups in total. The van der Waals surface area contributed by atoms with Crippen molar-refractivity contribution in [3.8, 4) is 0 Å². The van der Waals surface area contributed by atoms with Gasteiger partial charge in [-0.2, -0.15) is 0 Å². The van der Waals surface area contributed by atoms with Gasteiger partial charge in [-0.3, -0.25) is 25.1 Å². The van der Waals surface area contributed by atoms with Crippen LogP contribution in [0.1, 0.15) is 15.5 Å². The second-order valence-corrected chi connectivity index (χ2v) is 4.60. The Kier molecular flexibility index (Phi) is 3.86. The van der Waals surface area contributed by atoms with E-state index in [9.17, 15) is 19.7 Å². The number of hydrogen-bond donors (Lipinski definition) is 2. The molecule has 2 heterocycles. The van der Waals surface area contributed by atoms with Crippen molar-refractivity contribution in [2.45, 2.75) is 6.54 Å². The number of nitrogens with zero attached hydrogens (tertiary/aromatic N) is 3. The number of pyridine rings is 1. The number of nitrogen functional groups attached to an aromatic ring is 1. The number of hydrazine groups is 1. The molecule has 104 valence electrons. The van der Waals surface area contributed by atoms with Crippen LogP contribution in [0.5, 0.6) is 0 Å². The Balaban J connectivity index is 2.24. The normalized spacial score (nSPS) is 10.2. The molecule has 2 aromatic heterocycles. The van der Waals surface area contributed by atoms with Crippen molar-refractivity contribution in [2.75, 3.05) is 0 Å². The maximum absolute atomic E-state index is 11.3. The van der Waals surface area contributed by atoms with Crippen molar-refractivity contribution in [3.63, 3.8) is 0 Å². The van der Waals surface area contributed by atoms with E-state index in [4.69, 9.17) is 5.84 Å². The minimum atomic E-state index is -0.743. The van der Waals surface area contributed by atoms with Crippen LogP contribution in [0.4, 0.5) is 5.69 Å². The van der Waals surface area contributed by atoms with Gasteiger partial charge in [-0.1, -0.05) is 0 Å². The van der Waals surface area contributed by atoms with E-state index in [0.717, 1.165) is 23.6 Å². The molecule has 0 saturated heterocycles. The third-order valence-electron chi connectivity index (χ3n) is 2.38. The summed E-state index contributed by atoms with van der Waals surface area (Å²) in [7, 11) is 0. The molecule has 0 saturated carbocycles. The van der Waals surface area contributed by atoms with Gasteiger partial charge >= 0.3 is 5.69 Å². The lowest BCUT2D eigenvalue weighted by atomic mass is 10.4. The monoisotopic (exact) mass is 295 g/mol. The summed E-state index contributed by atoms with van der Waals surface area (Å²) >= 11 is 1.10. The van der Waals surface area contributed by atoms with E-state index in [1.54, 1.807) is 5.38 Å². The summed E-state index contributed by atoms with van der Waals surface area (Å²) < 4.78 is 1.44. The van der Waals surface area contributed by atoms with Gasteiger partial charge in [0, 0.05) is 17.6 Å². The van der Waals surface area contributed by atoms with Crippen molar-refractivity contribution < 1.29 is 9.72 Å². The number of nitrogens with one attached hydrogen (secondary N) is 1. The molecule has 1 amide bonds. The van der Waals surface area contributed by atoms with Crippen LogP contribution in [0.15, 0.2) is 28.6 Å². The first kappa shape index (κ1) is 13.8. The Hall–Kier alpha value is -2.59. The fraction of sp³-hybridized carbons (Fsp3) is 0.100. The molecular weight excluding hydrogens is 286 g/mol. The van der Waals surface area contributed by atoms with Crippen molar-refractivity contribution in [1.82, 2.24) is 15.0 Å². The Morgan fingerprint density at radius 2 is 2.35 bits per heavy atom. The average Bonchev–Trinajstić information content (AvgIpc) is 2.88. The number of amides is 1. The van der Waals surface area contributed by atoms with E-state index in [-0.39, 0.29) is 11.6 Å². The number of nitro groups is 1. The zero-order valence-corrected chi connectivity index (χ0v) is 10.8. The van der Waals surface area contributed by atoms with Gasteiger partial charge in [0.2, 0.25) is 0 Å². The van der Waals surface area contributed by atoms with Crippen LogP contribution < -0.4 is 16.7 Å². The van der Waals surface area contributed by atoms with Gasteiger partial charge in [0.15, 0.2) is 5.01 Å². The minimum Gasteiger partial charge on any atom is -0.342 e. The number of carbonyl (C=O) groups excluding carboxylic acids is 1. The summed E-state index contributed by atoms with van der Waals surface area (Å²) in [5.41, 5.74) is 1.32. The van der Waals surface area contributed by atoms with Crippen LogP contribution in [-0.2, 0) is 6.54 Å². The fourth-order valence-electron chi connectivity index (χ4n) is 1.48. The number of carbonyl (C=O) groups is 1. The highest BCUT2D eigenvalue weighted by molar-refractivity contribution is 7.11. The minimum absolute atomic E-state index is 0.193. The fourth-order valence-corrected chi connectivity index (χ4v) is 2.19. The van der Waals surface area contributed by atoms with Crippen LogP contribution >= 0.6 is 11.3 Å². The first-order chi connectivity index (χ1) is 9.51. The molecule has 0 bridgehead atoms. The van der Waals surface area contributed by atoms with Gasteiger partial charge in [0.25, 0.3) is 11.3 Å². The summed E-state index contributed by atoms with van der Waals surface area (Å²) in [6, 6.07) is 1.11. The Morgan fingerprint density at radius 1 is 1.60 bits per heavy atom. The molecule has 0 radical (unpaired) electrons. The first-order valence-electron chi connectivity index (χ1n) is 5.31. The van der Waals surface area contributed by atoms with Gasteiger partial charge in [-0.05, 0) is 0 Å². The molecular formula is C10H9N5O4S. The molecule has 9 nitrogen and oxygen atoms in total. The summed E-state index contributed by atoms with van der Waals surface area (Å²) in [5, 5.41) is 12.5. The van der Waals surface area contributed by atoms with Crippen LogP contribution in [0.25, 0.3) is 0 Å². The number of nitrogens with two attached hydrogens (primary N) is 1. The molecule has 0 atom stereocenters. The van der Waals surface area contributed by atoms with E-state index in [2.05, 4.69) is 4.98 Å². The summed E-state index contributed by atoms with van der Waals surface area (Å²) in [5.74, 6) is 4.48. The summed E-state index contributed by atoms with van der Waals surface area (Å²) in [4.78, 5) is 36.5. The quantitative estimate of drug-likeness (QED) is 0.349. The van der Waals surface area contributed by atoms with Crippen molar-refractivity contribution in [3.05, 3.63) is 54.9 Å². The Bertz CT molecular complexity index is 722. The molecule has 0 unspecified atom stereocenters. The summed E-state index contributed by atoms with van der Waals surface area (Å²) in [6.45, 7) is 0.204. The van der Waals surface area contributed by atoms with Gasteiger partial charge in [-0.15, -0.1) is 11.3 Å². The second-order valence-electron chi connectivity index (χ2n) is 3.74. The third-order valence-corrected chi connectivity index (χ3v) is 3.27. The standard InChI is InChI=1S/C10H9N5O4S/c11-13-9(17)10-12-6(5-20-10)3-14-2-1-8(16)7(4-14)15(18)19/h1-2,4-5H,3,11H2,(H,13,17). The smallest absolute Gasteiger partial charge is 0.332 e. The van der Waals surface area contributed by atoms with Crippen LogP contribution in [0.3, 0.4) is 0 Å². The first-order valence-corrected chi connectivity index (χ1v) is 6.19. The topological polar surface area (TPSA) is 133 Å². The van der Waals surface area contributed by atoms with Crippen molar-refractivity contribution >= 4 is 22.9 Å². The highest BCUT2D eigenvalue weighted by Crippen LogP contribution is 2.11. The highest BCUT2D eigenvalue weighted by Gasteiger charge is 2.13. The predicted molar refractivity (Wildman–Crippen MR) is 70.2 cm³/mol. The van der Waals surface area contributed by atoms with Crippen molar-refractivity contribution in [2.24, 2.45) is 5.84 Å². The lowest BCUT2D eigenvalue weighted by Crippen LogP contribution is -2.29. The van der Waals surface area contributed by atoms with Crippen molar-refractivity contribution in [1.29, 1.82) is 0 Å². The van der Waals surface area contributed by atoms with Crippen LogP contribution in [0, 0.1) is 10.1 Å². The van der Waals surface area contributed by atoms with Gasteiger partial charge < -0.3 is 4.57 Å². The Labute approximate surface area is 115 Å². The van der Waals surface area contributed by atoms with Gasteiger partial charge in [0.1, 0.15) is 0 Å². The van der Waals surface area contributed by atoms with E-state index in [1.807, 2.05) is 5.43 Å². The molecule has 2 aromatic rings. The highest BCUT2D eigenvalue weighted by atomic mass is 32.1. The molecule has 0 aromatic carbocycles. The molecule has 0 aliphatic rings. The zero-order valence-electron chi connectivity index (χ0n) is 9.98. The lowest BCUT2D eigenvalue weighted by molar-refractivity contribution is -0.386. The molecule has 20 heavy (non-hydrogen) atoms. The predicted octanol–water partition coefficient (Wildman–Crippen LogP) is -0.135. The molecule has 10 heteroatoms. The SMILES string of the molecule is NNC(=O)c1nc(Cn2ccc(=O)c([N+](=O)[O-])c2)cs1. The molecule has 2 rings (SSSR count). The number of rotatable bonds is 4. The van der Waals surface area contributed by atoms with Gasteiger partial charge in [-0.25, -0.2) is 10.8 Å². The second kappa shape index (κ2) is 5.59. The van der Waals surface area contributed by atoms with Crippen LogP contribution in [0.2, 0.25) is 0 Å². The molecule has 0 aliphatic heterocycles. The number of aromatic nitrogens is 2. The van der Waals surface area contributed by atoms with E-state index < -0.39 is 21.9 Å². The summed E-state index contributed by atoms with van der Waals surface area (Å²) in [6.07, 6.45) is 2.54. The largest absolute Gasteiger partial charge is 0.342 e. The molecule has 0 spiro atoms. The van der Waals surface area contributed by atoms with Crippen LogP contribution in [-0.4, -0.2) is 20.4 Å². The van der Waals surface area contributed by atoms with E-state index in [1.165, 1.54) is 10.8 Å². The third kappa shape index (κ3) is 2.87. The number of hydrogen-bond acceptors (Lipinski definition) is 7. The molecule has 0 aliphatic carbocycles. The zero-order chi connectivity index (χ0) is 14.7. The van der Waals surface area contributed by atoms with E-state index in [0.29, 0.717) is 5.69 Å². The Morgan fingerprint density at radius 3 is 3.00 bits per heavy atom. The molecule has 0 fully saturated rings.